The normalized spacial score (nSPS) is 13.8. The third-order valence-corrected chi connectivity index (χ3v) is 5.00. The number of rotatable bonds is 4. The molecule has 0 bridgehead atoms. The van der Waals surface area contributed by atoms with E-state index in [2.05, 4.69) is 12.1 Å². The lowest BCUT2D eigenvalue weighted by Gasteiger charge is -2.16. The number of carbonyl (C=O) groups excluding carboxylic acids is 1. The summed E-state index contributed by atoms with van der Waals surface area (Å²) in [6, 6.07) is 8.20. The van der Waals surface area contributed by atoms with E-state index >= 15 is 0 Å². The molecule has 0 amide bonds. The maximum absolute atomic E-state index is 12.2. The number of Topliss-reactive ketones (excluding diaryl/α,β-unsaturated/α-hetero) is 1. The van der Waals surface area contributed by atoms with Gasteiger partial charge in [-0.15, -0.1) is 11.3 Å². The molecule has 0 unspecified atom stereocenters. The Kier molecular flexibility index (Phi) is 4.11. The van der Waals surface area contributed by atoms with Crippen LogP contribution in [-0.4, -0.2) is 12.4 Å². The molecule has 2 aromatic rings. The van der Waals surface area contributed by atoms with Crippen molar-refractivity contribution in [3.05, 3.63) is 50.7 Å². The number of ether oxygens (including phenoxy) is 1. The Labute approximate surface area is 129 Å². The summed E-state index contributed by atoms with van der Waals surface area (Å²) < 4.78 is 5.71. The molecule has 3 heteroatoms. The Balaban J connectivity index is 1.67. The maximum atomic E-state index is 12.2. The molecule has 21 heavy (non-hydrogen) atoms. The highest BCUT2D eigenvalue weighted by molar-refractivity contribution is 7.12. The summed E-state index contributed by atoms with van der Waals surface area (Å²) in [5.74, 6) is 0.878. The third kappa shape index (κ3) is 3.18. The van der Waals surface area contributed by atoms with Gasteiger partial charge in [0.15, 0.2) is 6.61 Å². The van der Waals surface area contributed by atoms with E-state index in [1.807, 2.05) is 26.0 Å². The molecule has 0 fully saturated rings. The van der Waals surface area contributed by atoms with Gasteiger partial charge >= 0.3 is 0 Å². The minimum atomic E-state index is 0.0644. The summed E-state index contributed by atoms with van der Waals surface area (Å²) in [7, 11) is 0. The molecule has 1 aromatic heterocycles. The Morgan fingerprint density at radius 1 is 1.14 bits per heavy atom. The van der Waals surface area contributed by atoms with E-state index in [4.69, 9.17) is 4.74 Å². The first kappa shape index (κ1) is 14.3. The zero-order chi connectivity index (χ0) is 14.8. The summed E-state index contributed by atoms with van der Waals surface area (Å²) >= 11 is 1.66. The molecule has 1 heterocycles. The molecule has 1 aromatic carbocycles. The first-order valence-corrected chi connectivity index (χ1v) is 8.30. The predicted octanol–water partition coefficient (Wildman–Crippen LogP) is 4.51. The number of benzene rings is 1. The minimum absolute atomic E-state index is 0.0644. The summed E-state index contributed by atoms with van der Waals surface area (Å²) in [5, 5.41) is 0. The van der Waals surface area contributed by atoms with Crippen LogP contribution < -0.4 is 4.74 Å². The summed E-state index contributed by atoms with van der Waals surface area (Å²) in [4.78, 5) is 14.5. The lowest BCUT2D eigenvalue weighted by atomic mass is 9.92. The van der Waals surface area contributed by atoms with Crippen molar-refractivity contribution in [3.63, 3.8) is 0 Å². The van der Waals surface area contributed by atoms with E-state index in [0.29, 0.717) is 0 Å². The molecule has 1 aliphatic rings. The molecule has 0 saturated carbocycles. The molecule has 0 atom stereocenters. The fourth-order valence-corrected chi connectivity index (χ4v) is 3.88. The van der Waals surface area contributed by atoms with Crippen LogP contribution in [0.3, 0.4) is 0 Å². The van der Waals surface area contributed by atoms with Gasteiger partial charge in [-0.2, -0.15) is 0 Å². The van der Waals surface area contributed by atoms with Gasteiger partial charge in [-0.05, 0) is 68.9 Å². The van der Waals surface area contributed by atoms with E-state index in [-0.39, 0.29) is 12.4 Å². The Morgan fingerprint density at radius 3 is 2.62 bits per heavy atom. The predicted molar refractivity (Wildman–Crippen MR) is 86.7 cm³/mol. The van der Waals surface area contributed by atoms with Crippen molar-refractivity contribution in [3.8, 4) is 5.75 Å². The van der Waals surface area contributed by atoms with E-state index in [0.717, 1.165) is 22.6 Å². The molecule has 0 spiro atoms. The first-order chi connectivity index (χ1) is 10.1. The standard InChI is InChI=1S/C18H20O2S/c1-12-9-17(13(2)21-12)18(19)11-20-16-8-7-14-5-3-4-6-15(14)10-16/h7-10H,3-6,11H2,1-2H3. The summed E-state index contributed by atoms with van der Waals surface area (Å²) in [6.07, 6.45) is 4.83. The van der Waals surface area contributed by atoms with Crippen molar-refractivity contribution in [2.24, 2.45) is 0 Å². The van der Waals surface area contributed by atoms with Gasteiger partial charge in [0, 0.05) is 15.3 Å². The molecule has 3 rings (SSSR count). The highest BCUT2D eigenvalue weighted by Gasteiger charge is 2.14. The molecular weight excluding hydrogens is 280 g/mol. The van der Waals surface area contributed by atoms with Gasteiger partial charge in [-0.25, -0.2) is 0 Å². The highest BCUT2D eigenvalue weighted by atomic mass is 32.1. The lowest BCUT2D eigenvalue weighted by molar-refractivity contribution is 0.0921. The van der Waals surface area contributed by atoms with Crippen LogP contribution in [0.4, 0.5) is 0 Å². The van der Waals surface area contributed by atoms with E-state index < -0.39 is 0 Å². The van der Waals surface area contributed by atoms with Crippen molar-refractivity contribution in [1.82, 2.24) is 0 Å². The topological polar surface area (TPSA) is 26.3 Å². The van der Waals surface area contributed by atoms with E-state index in [9.17, 15) is 4.79 Å². The average molecular weight is 300 g/mol. The average Bonchev–Trinajstić information content (AvgIpc) is 2.83. The van der Waals surface area contributed by atoms with Crippen LogP contribution in [-0.2, 0) is 12.8 Å². The number of aryl methyl sites for hydroxylation is 4. The quantitative estimate of drug-likeness (QED) is 0.777. The van der Waals surface area contributed by atoms with Crippen molar-refractivity contribution < 1.29 is 9.53 Å². The molecule has 0 radical (unpaired) electrons. The highest BCUT2D eigenvalue weighted by Crippen LogP contribution is 2.26. The van der Waals surface area contributed by atoms with E-state index in [1.54, 1.807) is 11.3 Å². The Morgan fingerprint density at radius 2 is 1.90 bits per heavy atom. The number of ketones is 1. The third-order valence-electron chi connectivity index (χ3n) is 4.03. The maximum Gasteiger partial charge on any atom is 0.201 e. The van der Waals surface area contributed by atoms with Gasteiger partial charge < -0.3 is 4.74 Å². The smallest absolute Gasteiger partial charge is 0.201 e. The molecular formula is C18H20O2S. The van der Waals surface area contributed by atoms with Crippen LogP contribution in [0.5, 0.6) is 5.75 Å². The van der Waals surface area contributed by atoms with Crippen LogP contribution in [0.1, 0.15) is 44.1 Å². The van der Waals surface area contributed by atoms with Crippen LogP contribution in [0.2, 0.25) is 0 Å². The Bertz CT molecular complexity index is 670. The monoisotopic (exact) mass is 300 g/mol. The van der Waals surface area contributed by atoms with Crippen molar-refractivity contribution >= 4 is 17.1 Å². The Hall–Kier alpha value is -1.61. The second-order valence-electron chi connectivity index (χ2n) is 5.68. The lowest BCUT2D eigenvalue weighted by Crippen LogP contribution is -2.12. The van der Waals surface area contributed by atoms with Gasteiger partial charge in [0.2, 0.25) is 5.78 Å². The van der Waals surface area contributed by atoms with Crippen molar-refractivity contribution in [2.45, 2.75) is 39.5 Å². The molecule has 110 valence electrons. The van der Waals surface area contributed by atoms with Crippen LogP contribution in [0.15, 0.2) is 24.3 Å². The fourth-order valence-electron chi connectivity index (χ4n) is 2.93. The molecule has 1 aliphatic carbocycles. The molecule has 0 aliphatic heterocycles. The summed E-state index contributed by atoms with van der Waals surface area (Å²) in [6.45, 7) is 4.14. The number of thiophene rings is 1. The van der Waals surface area contributed by atoms with Gasteiger partial charge in [-0.3, -0.25) is 4.79 Å². The largest absolute Gasteiger partial charge is 0.485 e. The SMILES string of the molecule is Cc1cc(C(=O)COc2ccc3c(c2)CCCC3)c(C)s1. The van der Waals surface area contributed by atoms with Crippen LogP contribution in [0.25, 0.3) is 0 Å². The minimum Gasteiger partial charge on any atom is -0.485 e. The van der Waals surface area contributed by atoms with Gasteiger partial charge in [0.25, 0.3) is 0 Å². The van der Waals surface area contributed by atoms with Crippen LogP contribution >= 0.6 is 11.3 Å². The van der Waals surface area contributed by atoms with Gasteiger partial charge in [0.1, 0.15) is 5.75 Å². The zero-order valence-corrected chi connectivity index (χ0v) is 13.4. The fraction of sp³-hybridized carbons (Fsp3) is 0.389. The second kappa shape index (κ2) is 6.02. The van der Waals surface area contributed by atoms with Crippen molar-refractivity contribution in [1.29, 1.82) is 0 Å². The van der Waals surface area contributed by atoms with Crippen molar-refractivity contribution in [2.75, 3.05) is 6.61 Å². The number of hydrogen-bond donors (Lipinski definition) is 0. The number of hydrogen-bond acceptors (Lipinski definition) is 3. The second-order valence-corrected chi connectivity index (χ2v) is 7.14. The molecule has 0 saturated heterocycles. The first-order valence-electron chi connectivity index (χ1n) is 7.48. The van der Waals surface area contributed by atoms with E-state index in [1.165, 1.54) is 35.3 Å². The molecule has 0 N–H and O–H groups in total. The van der Waals surface area contributed by atoms with Gasteiger partial charge in [-0.1, -0.05) is 6.07 Å². The molecule has 2 nitrogen and oxygen atoms in total. The van der Waals surface area contributed by atoms with Crippen LogP contribution in [0, 0.1) is 13.8 Å². The zero-order valence-electron chi connectivity index (χ0n) is 12.6. The number of carbonyl (C=O) groups is 1. The van der Waals surface area contributed by atoms with Gasteiger partial charge in [0.05, 0.1) is 0 Å². The summed E-state index contributed by atoms with van der Waals surface area (Å²) in [5.41, 5.74) is 3.62. The number of fused-ring (bicyclic) bond motifs is 1.